The summed E-state index contributed by atoms with van der Waals surface area (Å²) in [6.07, 6.45) is 0. The minimum absolute atomic E-state index is 0.0766. The summed E-state index contributed by atoms with van der Waals surface area (Å²) in [6.45, 7) is 3.34. The summed E-state index contributed by atoms with van der Waals surface area (Å²) in [5, 5.41) is 3.24. The van der Waals surface area contributed by atoms with Crippen LogP contribution in [0.4, 0.5) is 10.5 Å². The van der Waals surface area contributed by atoms with Crippen molar-refractivity contribution < 1.29 is 4.79 Å². The summed E-state index contributed by atoms with van der Waals surface area (Å²) >= 11 is 0. The number of urea groups is 1. The zero-order valence-electron chi connectivity index (χ0n) is 9.52. The molecule has 0 aromatic heterocycles. The van der Waals surface area contributed by atoms with E-state index in [9.17, 15) is 4.79 Å². The lowest BCUT2D eigenvalue weighted by atomic mass is 10.3. The van der Waals surface area contributed by atoms with E-state index in [1.54, 1.807) is 4.90 Å². The molecule has 1 N–H and O–H groups in total. The minimum Gasteiger partial charge on any atom is -0.322 e. The summed E-state index contributed by atoms with van der Waals surface area (Å²) in [4.78, 5) is 15.7. The molecule has 1 aliphatic heterocycles. The summed E-state index contributed by atoms with van der Waals surface area (Å²) in [5.41, 5.74) is 0.936. The van der Waals surface area contributed by atoms with E-state index in [0.717, 1.165) is 31.9 Å². The van der Waals surface area contributed by atoms with Gasteiger partial charge < -0.3 is 10.2 Å². The lowest BCUT2D eigenvalue weighted by Crippen LogP contribution is -2.50. The van der Waals surface area contributed by atoms with Crippen LogP contribution in [0, 0.1) is 0 Å². The van der Waals surface area contributed by atoms with Crippen molar-refractivity contribution in [1.82, 2.24) is 10.2 Å². The predicted molar refractivity (Wildman–Crippen MR) is 64.7 cm³/mol. The molecule has 1 saturated heterocycles. The second-order valence-corrected chi connectivity index (χ2v) is 3.91. The van der Waals surface area contributed by atoms with Crippen LogP contribution in [0.25, 0.3) is 0 Å². The van der Waals surface area contributed by atoms with Crippen LogP contribution in [-0.4, -0.2) is 44.2 Å². The highest BCUT2D eigenvalue weighted by Crippen LogP contribution is 2.13. The van der Waals surface area contributed by atoms with Crippen molar-refractivity contribution in [2.24, 2.45) is 0 Å². The number of para-hydroxylation sites is 1. The molecule has 4 nitrogen and oxygen atoms in total. The number of anilines is 1. The van der Waals surface area contributed by atoms with Crippen molar-refractivity contribution in [3.63, 3.8) is 0 Å². The molecule has 4 heteroatoms. The van der Waals surface area contributed by atoms with Gasteiger partial charge in [-0.25, -0.2) is 4.79 Å². The van der Waals surface area contributed by atoms with Crippen molar-refractivity contribution in [1.29, 1.82) is 0 Å². The molecule has 0 atom stereocenters. The van der Waals surface area contributed by atoms with Gasteiger partial charge in [0, 0.05) is 38.9 Å². The Morgan fingerprint density at radius 1 is 1.25 bits per heavy atom. The fraction of sp³-hybridized carbons (Fsp3) is 0.417. The molecular formula is C12H17N3O. The summed E-state index contributed by atoms with van der Waals surface area (Å²) in [7, 11) is 1.82. The van der Waals surface area contributed by atoms with Gasteiger partial charge in [0.05, 0.1) is 0 Å². The highest BCUT2D eigenvalue weighted by molar-refractivity contribution is 5.91. The first-order valence-corrected chi connectivity index (χ1v) is 5.57. The maximum atomic E-state index is 12.1. The number of nitrogens with one attached hydrogen (secondary N) is 1. The zero-order chi connectivity index (χ0) is 11.4. The van der Waals surface area contributed by atoms with Gasteiger partial charge in [0.2, 0.25) is 0 Å². The molecular weight excluding hydrogens is 202 g/mol. The summed E-state index contributed by atoms with van der Waals surface area (Å²) in [6, 6.07) is 9.80. The van der Waals surface area contributed by atoms with Gasteiger partial charge in [-0.05, 0) is 12.1 Å². The number of nitrogens with zero attached hydrogens (tertiary/aromatic N) is 2. The quantitative estimate of drug-likeness (QED) is 0.769. The normalized spacial score (nSPS) is 15.9. The molecule has 1 heterocycles. The maximum Gasteiger partial charge on any atom is 0.324 e. The first-order valence-electron chi connectivity index (χ1n) is 5.57. The molecule has 1 aliphatic rings. The second-order valence-electron chi connectivity index (χ2n) is 3.91. The minimum atomic E-state index is 0.0766. The molecule has 0 aliphatic carbocycles. The summed E-state index contributed by atoms with van der Waals surface area (Å²) in [5.74, 6) is 0. The van der Waals surface area contributed by atoms with Crippen molar-refractivity contribution in [3.8, 4) is 0 Å². The lowest BCUT2D eigenvalue weighted by Gasteiger charge is -2.31. The highest BCUT2D eigenvalue weighted by Gasteiger charge is 2.20. The van der Waals surface area contributed by atoms with E-state index in [2.05, 4.69) is 5.32 Å². The van der Waals surface area contributed by atoms with E-state index in [-0.39, 0.29) is 6.03 Å². The van der Waals surface area contributed by atoms with Crippen LogP contribution in [0.5, 0.6) is 0 Å². The average Bonchev–Trinajstić information content (AvgIpc) is 2.39. The van der Waals surface area contributed by atoms with Crippen molar-refractivity contribution >= 4 is 11.7 Å². The third kappa shape index (κ3) is 2.33. The van der Waals surface area contributed by atoms with Gasteiger partial charge in [-0.15, -0.1) is 0 Å². The van der Waals surface area contributed by atoms with Crippen LogP contribution in [0.3, 0.4) is 0 Å². The average molecular weight is 219 g/mol. The number of benzene rings is 1. The standard InChI is InChI=1S/C12H17N3O/c1-14(11-5-3-2-4-6-11)12(16)15-9-7-13-8-10-15/h2-6,13H,7-10H2,1H3. The molecule has 1 aromatic rings. The van der Waals surface area contributed by atoms with Gasteiger partial charge in [-0.1, -0.05) is 18.2 Å². The largest absolute Gasteiger partial charge is 0.324 e. The van der Waals surface area contributed by atoms with E-state index in [4.69, 9.17) is 0 Å². The first-order chi connectivity index (χ1) is 7.79. The number of rotatable bonds is 1. The van der Waals surface area contributed by atoms with Gasteiger partial charge in [0.25, 0.3) is 0 Å². The van der Waals surface area contributed by atoms with E-state index >= 15 is 0 Å². The Morgan fingerprint density at radius 2 is 1.88 bits per heavy atom. The molecule has 86 valence electrons. The fourth-order valence-electron chi connectivity index (χ4n) is 1.83. The Kier molecular flexibility index (Phi) is 3.41. The smallest absolute Gasteiger partial charge is 0.322 e. The Hall–Kier alpha value is -1.55. The number of piperazine rings is 1. The second kappa shape index (κ2) is 4.99. The van der Waals surface area contributed by atoms with Crippen molar-refractivity contribution in [2.45, 2.75) is 0 Å². The Morgan fingerprint density at radius 3 is 2.50 bits per heavy atom. The van der Waals surface area contributed by atoms with Crippen LogP contribution < -0.4 is 10.2 Å². The predicted octanol–water partition coefficient (Wildman–Crippen LogP) is 1.15. The van der Waals surface area contributed by atoms with Gasteiger partial charge >= 0.3 is 6.03 Å². The van der Waals surface area contributed by atoms with Gasteiger partial charge in [-0.3, -0.25) is 4.90 Å². The molecule has 0 spiro atoms. The highest BCUT2D eigenvalue weighted by atomic mass is 16.2. The van der Waals surface area contributed by atoms with Crippen LogP contribution in [0.1, 0.15) is 0 Å². The Labute approximate surface area is 95.8 Å². The van der Waals surface area contributed by atoms with Crippen LogP contribution in [-0.2, 0) is 0 Å². The third-order valence-corrected chi connectivity index (χ3v) is 2.82. The molecule has 2 rings (SSSR count). The first kappa shape index (κ1) is 11.0. The number of carbonyl (C=O) groups is 1. The molecule has 1 fully saturated rings. The van der Waals surface area contributed by atoms with Crippen LogP contribution in [0.15, 0.2) is 30.3 Å². The van der Waals surface area contributed by atoms with E-state index in [1.165, 1.54) is 0 Å². The van der Waals surface area contributed by atoms with Crippen LogP contribution in [0.2, 0.25) is 0 Å². The lowest BCUT2D eigenvalue weighted by molar-refractivity contribution is 0.198. The number of hydrogen-bond donors (Lipinski definition) is 1. The molecule has 0 bridgehead atoms. The van der Waals surface area contributed by atoms with Crippen LogP contribution >= 0.6 is 0 Å². The Bertz CT molecular complexity index is 347. The SMILES string of the molecule is CN(C(=O)N1CCNCC1)c1ccccc1. The van der Waals surface area contributed by atoms with Gasteiger partial charge in [-0.2, -0.15) is 0 Å². The van der Waals surface area contributed by atoms with Gasteiger partial charge in [0.15, 0.2) is 0 Å². The summed E-state index contributed by atoms with van der Waals surface area (Å²) < 4.78 is 0. The molecule has 0 saturated carbocycles. The van der Waals surface area contributed by atoms with Crippen molar-refractivity contribution in [3.05, 3.63) is 30.3 Å². The zero-order valence-corrected chi connectivity index (χ0v) is 9.52. The molecule has 0 unspecified atom stereocenters. The molecule has 1 aromatic carbocycles. The van der Waals surface area contributed by atoms with E-state index in [1.807, 2.05) is 42.3 Å². The van der Waals surface area contributed by atoms with E-state index < -0.39 is 0 Å². The monoisotopic (exact) mass is 219 g/mol. The maximum absolute atomic E-state index is 12.1. The van der Waals surface area contributed by atoms with E-state index in [0.29, 0.717) is 0 Å². The number of hydrogen-bond acceptors (Lipinski definition) is 2. The number of carbonyl (C=O) groups excluding carboxylic acids is 1. The Balaban J connectivity index is 2.04. The number of amides is 2. The molecule has 0 radical (unpaired) electrons. The van der Waals surface area contributed by atoms with Gasteiger partial charge in [0.1, 0.15) is 0 Å². The third-order valence-electron chi connectivity index (χ3n) is 2.82. The fourth-order valence-corrected chi connectivity index (χ4v) is 1.83. The molecule has 16 heavy (non-hydrogen) atoms. The topological polar surface area (TPSA) is 35.6 Å². The molecule has 2 amide bonds. The van der Waals surface area contributed by atoms with Crippen molar-refractivity contribution in [2.75, 3.05) is 38.1 Å².